The van der Waals surface area contributed by atoms with Gasteiger partial charge in [-0.2, -0.15) is 13.2 Å². The quantitative estimate of drug-likeness (QED) is 0.768. The number of aliphatic hydroxyl groups is 1. The van der Waals surface area contributed by atoms with Gasteiger partial charge in [-0.3, -0.25) is 0 Å². The molecule has 0 aliphatic heterocycles. The zero-order valence-electron chi connectivity index (χ0n) is 14.4. The fraction of sp³-hybridized carbons (Fsp3) is 0.875. The summed E-state index contributed by atoms with van der Waals surface area (Å²) in [5, 5.41) is 9.23. The molecule has 140 valence electrons. The summed E-state index contributed by atoms with van der Waals surface area (Å²) in [4.78, 5) is 23.5. The fourth-order valence-electron chi connectivity index (χ4n) is 2.66. The summed E-state index contributed by atoms with van der Waals surface area (Å²) in [5.41, 5.74) is -4.48. The number of carbonyl (C=O) groups excluding carboxylic acids is 2. The van der Waals surface area contributed by atoms with Crippen molar-refractivity contribution in [3.8, 4) is 0 Å². The predicted molar refractivity (Wildman–Crippen MR) is 79.0 cm³/mol. The number of esters is 2. The van der Waals surface area contributed by atoms with E-state index in [2.05, 4.69) is 4.74 Å². The number of rotatable bonds is 5. The van der Waals surface area contributed by atoms with Crippen molar-refractivity contribution in [1.82, 2.24) is 0 Å². The third kappa shape index (κ3) is 4.84. The van der Waals surface area contributed by atoms with Crippen LogP contribution >= 0.6 is 0 Å². The summed E-state index contributed by atoms with van der Waals surface area (Å²) < 4.78 is 47.6. The van der Waals surface area contributed by atoms with E-state index in [9.17, 15) is 27.9 Å². The summed E-state index contributed by atoms with van der Waals surface area (Å²) in [6.45, 7) is 4.87. The molecule has 1 saturated carbocycles. The van der Waals surface area contributed by atoms with Gasteiger partial charge in [-0.1, -0.05) is 19.3 Å². The van der Waals surface area contributed by atoms with E-state index < -0.39 is 35.4 Å². The van der Waals surface area contributed by atoms with E-state index >= 15 is 0 Å². The first kappa shape index (κ1) is 20.7. The molecule has 1 aliphatic rings. The molecule has 0 radical (unpaired) electrons. The van der Waals surface area contributed by atoms with E-state index in [4.69, 9.17) is 4.74 Å². The molecule has 1 fully saturated rings. The number of alkyl halides is 3. The maximum absolute atomic E-state index is 12.6. The minimum Gasteiger partial charge on any atom is -0.457 e. The lowest BCUT2D eigenvalue weighted by Gasteiger charge is -2.37. The SMILES string of the molecule is CC(OC(=O)C(C)(O)C(F)(F)F)C(=O)OC(C)(C)C1CCCCC1. The molecule has 0 aromatic rings. The molecular weight excluding hydrogens is 329 g/mol. The van der Waals surface area contributed by atoms with Gasteiger partial charge < -0.3 is 14.6 Å². The van der Waals surface area contributed by atoms with E-state index in [0.717, 1.165) is 39.0 Å². The van der Waals surface area contributed by atoms with Gasteiger partial charge in [-0.05, 0) is 46.5 Å². The van der Waals surface area contributed by atoms with Crippen LogP contribution in [-0.4, -0.2) is 40.5 Å². The largest absolute Gasteiger partial charge is 0.457 e. The number of hydrogen-bond acceptors (Lipinski definition) is 5. The maximum atomic E-state index is 12.6. The van der Waals surface area contributed by atoms with Crippen molar-refractivity contribution in [2.45, 2.75) is 83.3 Å². The Bertz CT molecular complexity index is 465. The summed E-state index contributed by atoms with van der Waals surface area (Å²) >= 11 is 0. The zero-order chi connectivity index (χ0) is 18.8. The summed E-state index contributed by atoms with van der Waals surface area (Å²) in [6.07, 6.45) is -1.76. The van der Waals surface area contributed by atoms with Gasteiger partial charge in [0.05, 0.1) is 0 Å². The second kappa shape index (κ2) is 7.29. The van der Waals surface area contributed by atoms with Gasteiger partial charge in [-0.15, -0.1) is 0 Å². The average molecular weight is 354 g/mol. The monoisotopic (exact) mass is 354 g/mol. The van der Waals surface area contributed by atoms with Crippen molar-refractivity contribution in [2.24, 2.45) is 5.92 Å². The lowest BCUT2D eigenvalue weighted by molar-refractivity contribution is -0.259. The van der Waals surface area contributed by atoms with Crippen molar-refractivity contribution in [2.75, 3.05) is 0 Å². The van der Waals surface area contributed by atoms with Crippen LogP contribution in [0.2, 0.25) is 0 Å². The van der Waals surface area contributed by atoms with Crippen LogP contribution in [0.3, 0.4) is 0 Å². The minimum atomic E-state index is -5.20. The highest BCUT2D eigenvalue weighted by atomic mass is 19.4. The van der Waals surface area contributed by atoms with Gasteiger partial charge in [0.25, 0.3) is 5.60 Å². The van der Waals surface area contributed by atoms with Crippen molar-refractivity contribution in [3.63, 3.8) is 0 Å². The molecule has 24 heavy (non-hydrogen) atoms. The summed E-state index contributed by atoms with van der Waals surface area (Å²) in [5.74, 6) is -2.72. The minimum absolute atomic E-state index is 0.149. The normalized spacial score (nSPS) is 20.8. The van der Waals surface area contributed by atoms with Crippen molar-refractivity contribution >= 4 is 11.9 Å². The lowest BCUT2D eigenvalue weighted by Crippen LogP contribution is -2.52. The molecule has 0 spiro atoms. The molecular formula is C16H25F3O5. The predicted octanol–water partition coefficient (Wildman–Crippen LogP) is 3.13. The van der Waals surface area contributed by atoms with Gasteiger partial charge in [-0.25, -0.2) is 9.59 Å². The van der Waals surface area contributed by atoms with E-state index in [1.165, 1.54) is 0 Å². The van der Waals surface area contributed by atoms with Crippen LogP contribution in [0.5, 0.6) is 0 Å². The molecule has 2 unspecified atom stereocenters. The molecule has 0 heterocycles. The third-order valence-corrected chi connectivity index (χ3v) is 4.52. The highest BCUT2D eigenvalue weighted by molar-refractivity contribution is 5.84. The Morgan fingerprint density at radius 2 is 1.58 bits per heavy atom. The average Bonchev–Trinajstić information content (AvgIpc) is 2.46. The van der Waals surface area contributed by atoms with Crippen LogP contribution in [0, 0.1) is 5.92 Å². The molecule has 5 nitrogen and oxygen atoms in total. The molecule has 1 N–H and O–H groups in total. The Balaban J connectivity index is 2.66. The van der Waals surface area contributed by atoms with Crippen LogP contribution in [-0.2, 0) is 19.1 Å². The van der Waals surface area contributed by atoms with Gasteiger partial charge in [0.2, 0.25) is 0 Å². The number of halogens is 3. The summed E-state index contributed by atoms with van der Waals surface area (Å²) in [6, 6.07) is 0. The van der Waals surface area contributed by atoms with Gasteiger partial charge in [0, 0.05) is 0 Å². The first-order valence-corrected chi connectivity index (χ1v) is 8.02. The molecule has 0 aromatic heterocycles. The zero-order valence-corrected chi connectivity index (χ0v) is 14.4. The number of ether oxygens (including phenoxy) is 2. The Morgan fingerprint density at radius 3 is 2.04 bits per heavy atom. The standard InChI is InChI=1S/C16H25F3O5/c1-10(23-13(21)15(4,22)16(17,18)19)12(20)24-14(2,3)11-8-6-5-7-9-11/h10-11,22H,5-9H2,1-4H3. The van der Waals surface area contributed by atoms with Gasteiger partial charge in [0.15, 0.2) is 6.10 Å². The Morgan fingerprint density at radius 1 is 1.08 bits per heavy atom. The van der Waals surface area contributed by atoms with Crippen LogP contribution in [0.15, 0.2) is 0 Å². The van der Waals surface area contributed by atoms with E-state index in [1.807, 2.05) is 0 Å². The molecule has 8 heteroatoms. The first-order valence-electron chi connectivity index (χ1n) is 8.02. The molecule has 0 saturated heterocycles. The first-order chi connectivity index (χ1) is 10.8. The Hall–Kier alpha value is -1.31. The van der Waals surface area contributed by atoms with Crippen molar-refractivity contribution in [3.05, 3.63) is 0 Å². The smallest absolute Gasteiger partial charge is 0.427 e. The van der Waals surface area contributed by atoms with Crippen molar-refractivity contribution in [1.29, 1.82) is 0 Å². The fourth-order valence-corrected chi connectivity index (χ4v) is 2.66. The Kier molecular flexibility index (Phi) is 6.30. The van der Waals surface area contributed by atoms with Gasteiger partial charge >= 0.3 is 18.1 Å². The van der Waals surface area contributed by atoms with E-state index in [0.29, 0.717) is 0 Å². The number of carbonyl (C=O) groups is 2. The van der Waals surface area contributed by atoms with Crippen LogP contribution in [0.1, 0.15) is 59.8 Å². The molecule has 0 aromatic carbocycles. The Labute approximate surface area is 139 Å². The van der Waals surface area contributed by atoms with Crippen molar-refractivity contribution < 1.29 is 37.3 Å². The van der Waals surface area contributed by atoms with Crippen LogP contribution in [0.25, 0.3) is 0 Å². The highest BCUT2D eigenvalue weighted by Crippen LogP contribution is 2.35. The molecule has 0 amide bonds. The second-order valence-corrected chi connectivity index (χ2v) is 6.98. The summed E-state index contributed by atoms with van der Waals surface area (Å²) in [7, 11) is 0. The maximum Gasteiger partial charge on any atom is 0.427 e. The topological polar surface area (TPSA) is 72.8 Å². The van der Waals surface area contributed by atoms with Crippen LogP contribution in [0.4, 0.5) is 13.2 Å². The van der Waals surface area contributed by atoms with Gasteiger partial charge in [0.1, 0.15) is 5.60 Å². The van der Waals surface area contributed by atoms with E-state index in [-0.39, 0.29) is 12.8 Å². The molecule has 1 aliphatic carbocycles. The lowest BCUT2D eigenvalue weighted by atomic mass is 9.79. The highest BCUT2D eigenvalue weighted by Gasteiger charge is 2.57. The second-order valence-electron chi connectivity index (χ2n) is 6.98. The third-order valence-electron chi connectivity index (χ3n) is 4.52. The van der Waals surface area contributed by atoms with Crippen LogP contribution < -0.4 is 0 Å². The number of hydrogen-bond donors (Lipinski definition) is 1. The molecule has 0 bridgehead atoms. The molecule has 1 rings (SSSR count). The molecule has 2 atom stereocenters. The van der Waals surface area contributed by atoms with E-state index in [1.54, 1.807) is 13.8 Å².